The van der Waals surface area contributed by atoms with Gasteiger partial charge in [0.15, 0.2) is 0 Å². The standard InChI is InChI=1S/C10H14BrNO2S2/c1-2-7-12(8-3-4-8)16(13,14)10-6-5-9(11)15-10/h5-6,8H,2-4,7H2,1H3. The molecule has 0 atom stereocenters. The molecule has 0 unspecified atom stereocenters. The molecule has 1 heterocycles. The van der Waals surface area contributed by atoms with Gasteiger partial charge in [-0.25, -0.2) is 8.42 Å². The number of halogens is 1. The van der Waals surface area contributed by atoms with Crippen LogP contribution in [0.5, 0.6) is 0 Å². The second kappa shape index (κ2) is 4.76. The zero-order chi connectivity index (χ0) is 11.8. The van der Waals surface area contributed by atoms with Crippen molar-refractivity contribution >= 4 is 37.3 Å². The SMILES string of the molecule is CCCN(C1CC1)S(=O)(=O)c1ccc(Br)s1. The molecule has 90 valence electrons. The highest BCUT2D eigenvalue weighted by Gasteiger charge is 2.37. The van der Waals surface area contributed by atoms with Gasteiger partial charge in [-0.05, 0) is 47.3 Å². The van der Waals surface area contributed by atoms with Crippen molar-refractivity contribution in [1.29, 1.82) is 0 Å². The Hall–Kier alpha value is 0.0900. The lowest BCUT2D eigenvalue weighted by Gasteiger charge is -2.19. The van der Waals surface area contributed by atoms with Crippen LogP contribution < -0.4 is 0 Å². The zero-order valence-electron chi connectivity index (χ0n) is 9.02. The first-order valence-electron chi connectivity index (χ1n) is 5.33. The maximum absolute atomic E-state index is 12.3. The van der Waals surface area contributed by atoms with Crippen molar-refractivity contribution in [3.63, 3.8) is 0 Å². The summed E-state index contributed by atoms with van der Waals surface area (Å²) >= 11 is 4.58. The second-order valence-electron chi connectivity index (χ2n) is 3.91. The smallest absolute Gasteiger partial charge is 0.206 e. The van der Waals surface area contributed by atoms with Crippen LogP contribution in [0.4, 0.5) is 0 Å². The third kappa shape index (κ3) is 2.50. The summed E-state index contributed by atoms with van der Waals surface area (Å²) in [5.74, 6) is 0. The summed E-state index contributed by atoms with van der Waals surface area (Å²) in [7, 11) is -3.26. The summed E-state index contributed by atoms with van der Waals surface area (Å²) in [6.45, 7) is 2.64. The molecule has 1 aliphatic carbocycles. The van der Waals surface area contributed by atoms with Gasteiger partial charge in [-0.3, -0.25) is 0 Å². The summed E-state index contributed by atoms with van der Waals surface area (Å²) in [5.41, 5.74) is 0. The van der Waals surface area contributed by atoms with Crippen molar-refractivity contribution < 1.29 is 8.42 Å². The van der Waals surface area contributed by atoms with Crippen LogP contribution in [0.1, 0.15) is 26.2 Å². The summed E-state index contributed by atoms with van der Waals surface area (Å²) in [6.07, 6.45) is 2.87. The van der Waals surface area contributed by atoms with Gasteiger partial charge in [-0.2, -0.15) is 4.31 Å². The molecular formula is C10H14BrNO2S2. The minimum Gasteiger partial charge on any atom is -0.206 e. The molecule has 1 fully saturated rings. The molecule has 1 saturated carbocycles. The van der Waals surface area contributed by atoms with Crippen LogP contribution in [-0.2, 0) is 10.0 Å². The van der Waals surface area contributed by atoms with Gasteiger partial charge in [-0.15, -0.1) is 11.3 Å². The Kier molecular flexibility index (Phi) is 3.73. The Bertz CT molecular complexity index is 465. The monoisotopic (exact) mass is 323 g/mol. The molecule has 0 aliphatic heterocycles. The summed E-state index contributed by atoms with van der Waals surface area (Å²) in [6, 6.07) is 3.70. The topological polar surface area (TPSA) is 37.4 Å². The van der Waals surface area contributed by atoms with E-state index in [9.17, 15) is 8.42 Å². The quantitative estimate of drug-likeness (QED) is 0.835. The van der Waals surface area contributed by atoms with Gasteiger partial charge in [-0.1, -0.05) is 6.92 Å². The second-order valence-corrected chi connectivity index (χ2v) is 8.49. The van der Waals surface area contributed by atoms with Crippen molar-refractivity contribution in [3.05, 3.63) is 15.9 Å². The fraction of sp³-hybridized carbons (Fsp3) is 0.600. The lowest BCUT2D eigenvalue weighted by molar-refractivity contribution is 0.404. The highest BCUT2D eigenvalue weighted by atomic mass is 79.9. The highest BCUT2D eigenvalue weighted by Crippen LogP contribution is 2.35. The highest BCUT2D eigenvalue weighted by molar-refractivity contribution is 9.11. The van der Waals surface area contributed by atoms with E-state index < -0.39 is 10.0 Å². The molecule has 0 spiro atoms. The molecule has 16 heavy (non-hydrogen) atoms. The number of hydrogen-bond acceptors (Lipinski definition) is 3. The summed E-state index contributed by atoms with van der Waals surface area (Å²) in [5, 5.41) is 0. The minimum absolute atomic E-state index is 0.242. The van der Waals surface area contributed by atoms with Gasteiger partial charge in [0.1, 0.15) is 4.21 Å². The fourth-order valence-corrected chi connectivity index (χ4v) is 5.55. The van der Waals surface area contributed by atoms with Crippen LogP contribution in [0.3, 0.4) is 0 Å². The van der Waals surface area contributed by atoms with Crippen molar-refractivity contribution in [2.24, 2.45) is 0 Å². The predicted octanol–water partition coefficient (Wildman–Crippen LogP) is 3.07. The normalized spacial score (nSPS) is 16.9. The largest absolute Gasteiger partial charge is 0.252 e. The lowest BCUT2D eigenvalue weighted by atomic mass is 10.5. The average molecular weight is 324 g/mol. The molecule has 0 radical (unpaired) electrons. The van der Waals surface area contributed by atoms with Crippen molar-refractivity contribution in [3.8, 4) is 0 Å². The van der Waals surface area contributed by atoms with E-state index in [1.165, 1.54) is 11.3 Å². The lowest BCUT2D eigenvalue weighted by Crippen LogP contribution is -2.33. The molecule has 2 rings (SSSR count). The zero-order valence-corrected chi connectivity index (χ0v) is 12.2. The first-order chi connectivity index (χ1) is 7.55. The Labute approximate surface area is 109 Å². The van der Waals surface area contributed by atoms with Crippen molar-refractivity contribution in [2.45, 2.75) is 36.4 Å². The summed E-state index contributed by atoms with van der Waals surface area (Å²) in [4.78, 5) is 0. The van der Waals surface area contributed by atoms with Gasteiger partial charge < -0.3 is 0 Å². The number of thiophene rings is 1. The van der Waals surface area contributed by atoms with E-state index in [1.54, 1.807) is 16.4 Å². The summed E-state index contributed by atoms with van der Waals surface area (Å²) < 4.78 is 27.6. The third-order valence-electron chi connectivity index (χ3n) is 2.51. The molecule has 0 bridgehead atoms. The first-order valence-corrected chi connectivity index (χ1v) is 8.38. The van der Waals surface area contributed by atoms with E-state index in [-0.39, 0.29) is 6.04 Å². The average Bonchev–Trinajstić information content (AvgIpc) is 2.96. The van der Waals surface area contributed by atoms with Crippen LogP contribution >= 0.6 is 27.3 Å². The molecule has 6 heteroatoms. The van der Waals surface area contributed by atoms with Crippen LogP contribution in [0, 0.1) is 0 Å². The van der Waals surface area contributed by atoms with Gasteiger partial charge >= 0.3 is 0 Å². The Balaban J connectivity index is 2.28. The molecule has 0 N–H and O–H groups in total. The molecule has 1 aromatic rings. The molecule has 1 aromatic heterocycles. The number of rotatable bonds is 5. The third-order valence-corrected chi connectivity index (χ3v) is 6.55. The molecule has 0 aromatic carbocycles. The molecular weight excluding hydrogens is 310 g/mol. The Morgan fingerprint density at radius 2 is 2.19 bits per heavy atom. The molecule has 1 aliphatic rings. The Morgan fingerprint density at radius 3 is 2.62 bits per heavy atom. The van der Waals surface area contributed by atoms with E-state index in [4.69, 9.17) is 0 Å². The van der Waals surface area contributed by atoms with E-state index in [1.807, 2.05) is 6.92 Å². The van der Waals surface area contributed by atoms with E-state index >= 15 is 0 Å². The van der Waals surface area contributed by atoms with Gasteiger partial charge in [0, 0.05) is 12.6 Å². The molecule has 0 amide bonds. The van der Waals surface area contributed by atoms with Crippen LogP contribution in [-0.4, -0.2) is 25.3 Å². The maximum atomic E-state index is 12.3. The number of hydrogen-bond donors (Lipinski definition) is 0. The van der Waals surface area contributed by atoms with Crippen LogP contribution in [0.2, 0.25) is 0 Å². The minimum atomic E-state index is -3.26. The van der Waals surface area contributed by atoms with Crippen molar-refractivity contribution in [2.75, 3.05) is 6.54 Å². The van der Waals surface area contributed by atoms with Crippen LogP contribution in [0.25, 0.3) is 0 Å². The molecule has 3 nitrogen and oxygen atoms in total. The van der Waals surface area contributed by atoms with E-state index in [0.29, 0.717) is 10.8 Å². The van der Waals surface area contributed by atoms with E-state index in [2.05, 4.69) is 15.9 Å². The van der Waals surface area contributed by atoms with Crippen LogP contribution in [0.15, 0.2) is 20.1 Å². The number of nitrogens with zero attached hydrogens (tertiary/aromatic N) is 1. The van der Waals surface area contributed by atoms with Crippen molar-refractivity contribution in [1.82, 2.24) is 4.31 Å². The molecule has 0 saturated heterocycles. The maximum Gasteiger partial charge on any atom is 0.252 e. The predicted molar refractivity (Wildman–Crippen MR) is 69.2 cm³/mol. The number of sulfonamides is 1. The van der Waals surface area contributed by atoms with Gasteiger partial charge in [0.05, 0.1) is 3.79 Å². The first kappa shape index (κ1) is 12.5. The Morgan fingerprint density at radius 1 is 1.50 bits per heavy atom. The van der Waals surface area contributed by atoms with Gasteiger partial charge in [0.25, 0.3) is 10.0 Å². The van der Waals surface area contributed by atoms with Gasteiger partial charge in [0.2, 0.25) is 0 Å². The fourth-order valence-electron chi connectivity index (χ4n) is 1.63. The van der Waals surface area contributed by atoms with E-state index in [0.717, 1.165) is 23.0 Å².